The molecule has 4 aromatic heterocycles. The highest BCUT2D eigenvalue weighted by atomic mass is 15.2. The van der Waals surface area contributed by atoms with Crippen LogP contribution in [-0.2, 0) is 0 Å². The maximum Gasteiger partial charge on any atom is 0.159 e. The van der Waals surface area contributed by atoms with Gasteiger partial charge in [0.15, 0.2) is 5.82 Å². The van der Waals surface area contributed by atoms with Crippen molar-refractivity contribution in [3.05, 3.63) is 49.2 Å². The molecular weight excluding hydrogens is 376 g/mol. The number of rotatable bonds is 3. The quantitative estimate of drug-likeness (QED) is 0.479. The second kappa shape index (κ2) is 6.91. The predicted molar refractivity (Wildman–Crippen MR) is 116 cm³/mol. The molecule has 1 aliphatic rings. The number of anilines is 1. The number of nitrogens with one attached hydrogen (secondary N) is 2. The molecule has 0 amide bonds. The van der Waals surface area contributed by atoms with Gasteiger partial charge >= 0.3 is 0 Å². The van der Waals surface area contributed by atoms with Crippen molar-refractivity contribution in [3.63, 3.8) is 0 Å². The molecule has 0 atom stereocenters. The Bertz CT molecular complexity index is 1330. The normalized spacial score (nSPS) is 14.6. The molecule has 5 heterocycles. The standard InChI is InChI=1S/C22H20N8/c1-2-7-30(8-3-1)19-6-4-5-16-21(19)27-22(26-16)20-15-9-17(14-10-23-13-24-11-14)25-12-18(15)28-29-20/h4-6,9-13H,1-3,7-8H2,(H,26,27)(H,28,29). The Hall–Kier alpha value is -3.81. The second-order valence-electron chi connectivity index (χ2n) is 7.62. The van der Waals surface area contributed by atoms with E-state index in [1.807, 2.05) is 6.07 Å². The third-order valence-electron chi connectivity index (χ3n) is 5.72. The van der Waals surface area contributed by atoms with Gasteiger partial charge in [-0.25, -0.2) is 15.0 Å². The lowest BCUT2D eigenvalue weighted by Gasteiger charge is -2.28. The fraction of sp³-hybridized carbons (Fsp3) is 0.227. The summed E-state index contributed by atoms with van der Waals surface area (Å²) in [6, 6.07) is 8.33. The third-order valence-corrected chi connectivity index (χ3v) is 5.72. The van der Waals surface area contributed by atoms with Gasteiger partial charge in [0.2, 0.25) is 0 Å². The third kappa shape index (κ3) is 2.80. The molecule has 148 valence electrons. The first-order valence-corrected chi connectivity index (χ1v) is 10.2. The van der Waals surface area contributed by atoms with Gasteiger partial charge in [-0.05, 0) is 37.5 Å². The summed E-state index contributed by atoms with van der Waals surface area (Å²) in [5.41, 5.74) is 6.53. The van der Waals surface area contributed by atoms with E-state index in [0.717, 1.165) is 57.8 Å². The summed E-state index contributed by atoms with van der Waals surface area (Å²) in [5.74, 6) is 0.752. The van der Waals surface area contributed by atoms with Crippen molar-refractivity contribution in [1.82, 2.24) is 35.1 Å². The van der Waals surface area contributed by atoms with E-state index < -0.39 is 0 Å². The molecule has 1 fully saturated rings. The summed E-state index contributed by atoms with van der Waals surface area (Å²) in [7, 11) is 0. The number of nitrogens with zero attached hydrogens (tertiary/aromatic N) is 6. The number of piperidine rings is 1. The lowest BCUT2D eigenvalue weighted by atomic mass is 10.1. The Kier molecular flexibility index (Phi) is 3.93. The molecule has 1 aliphatic heterocycles. The molecule has 8 nitrogen and oxygen atoms in total. The van der Waals surface area contributed by atoms with Crippen LogP contribution in [0.25, 0.3) is 44.7 Å². The molecule has 1 saturated heterocycles. The van der Waals surface area contributed by atoms with E-state index >= 15 is 0 Å². The van der Waals surface area contributed by atoms with E-state index in [2.05, 4.69) is 53.2 Å². The average molecular weight is 396 g/mol. The largest absolute Gasteiger partial charge is 0.370 e. The van der Waals surface area contributed by atoms with E-state index in [4.69, 9.17) is 4.98 Å². The van der Waals surface area contributed by atoms with Gasteiger partial charge in [-0.2, -0.15) is 5.10 Å². The fourth-order valence-electron chi connectivity index (χ4n) is 4.21. The van der Waals surface area contributed by atoms with Gasteiger partial charge in [0, 0.05) is 36.4 Å². The molecule has 5 aromatic rings. The lowest BCUT2D eigenvalue weighted by molar-refractivity contribution is 0.579. The molecule has 0 bridgehead atoms. The van der Waals surface area contributed by atoms with Crippen LogP contribution in [0.3, 0.4) is 0 Å². The minimum Gasteiger partial charge on any atom is -0.370 e. The van der Waals surface area contributed by atoms with Crippen LogP contribution in [0.4, 0.5) is 5.69 Å². The predicted octanol–water partition coefficient (Wildman–Crippen LogP) is 3.95. The van der Waals surface area contributed by atoms with Crippen molar-refractivity contribution < 1.29 is 0 Å². The summed E-state index contributed by atoms with van der Waals surface area (Å²) in [6.45, 7) is 2.17. The van der Waals surface area contributed by atoms with Crippen molar-refractivity contribution >= 4 is 27.6 Å². The van der Waals surface area contributed by atoms with Crippen molar-refractivity contribution in [1.29, 1.82) is 0 Å². The summed E-state index contributed by atoms with van der Waals surface area (Å²) >= 11 is 0. The van der Waals surface area contributed by atoms with Gasteiger partial charge in [-0.15, -0.1) is 0 Å². The van der Waals surface area contributed by atoms with Crippen molar-refractivity contribution in [3.8, 4) is 22.8 Å². The van der Waals surface area contributed by atoms with Crippen LogP contribution in [0.1, 0.15) is 19.3 Å². The molecular formula is C22H20N8. The van der Waals surface area contributed by atoms with Crippen molar-refractivity contribution in [2.24, 2.45) is 0 Å². The van der Waals surface area contributed by atoms with Crippen LogP contribution in [0.5, 0.6) is 0 Å². The van der Waals surface area contributed by atoms with Crippen molar-refractivity contribution in [2.75, 3.05) is 18.0 Å². The zero-order chi connectivity index (χ0) is 19.9. The minimum absolute atomic E-state index is 0.752. The number of hydrogen-bond acceptors (Lipinski definition) is 6. The zero-order valence-electron chi connectivity index (χ0n) is 16.3. The maximum atomic E-state index is 4.96. The fourth-order valence-corrected chi connectivity index (χ4v) is 4.21. The molecule has 0 radical (unpaired) electrons. The zero-order valence-corrected chi connectivity index (χ0v) is 16.3. The van der Waals surface area contributed by atoms with Crippen LogP contribution in [0.2, 0.25) is 0 Å². The van der Waals surface area contributed by atoms with Crippen LogP contribution < -0.4 is 4.90 Å². The molecule has 0 aliphatic carbocycles. The number of pyridine rings is 1. The van der Waals surface area contributed by atoms with Gasteiger partial charge in [0.25, 0.3) is 0 Å². The van der Waals surface area contributed by atoms with E-state index in [-0.39, 0.29) is 0 Å². The van der Waals surface area contributed by atoms with E-state index in [9.17, 15) is 0 Å². The molecule has 2 N–H and O–H groups in total. The first-order valence-electron chi connectivity index (χ1n) is 10.2. The Labute approximate surface area is 172 Å². The Morgan fingerprint density at radius 2 is 1.80 bits per heavy atom. The number of benzene rings is 1. The Morgan fingerprint density at radius 3 is 2.67 bits per heavy atom. The number of imidazole rings is 1. The Morgan fingerprint density at radius 1 is 0.933 bits per heavy atom. The molecule has 0 saturated carbocycles. The number of aromatic nitrogens is 7. The van der Waals surface area contributed by atoms with Crippen molar-refractivity contribution in [2.45, 2.75) is 19.3 Å². The molecule has 0 spiro atoms. The summed E-state index contributed by atoms with van der Waals surface area (Å²) in [5, 5.41) is 8.57. The molecule has 0 unspecified atom stereocenters. The average Bonchev–Trinajstić information content (AvgIpc) is 3.43. The monoisotopic (exact) mass is 396 g/mol. The summed E-state index contributed by atoms with van der Waals surface area (Å²) in [4.78, 5) is 23.6. The number of hydrogen-bond donors (Lipinski definition) is 2. The van der Waals surface area contributed by atoms with Gasteiger partial charge < -0.3 is 9.88 Å². The molecule has 30 heavy (non-hydrogen) atoms. The highest BCUT2D eigenvalue weighted by molar-refractivity contribution is 5.96. The highest BCUT2D eigenvalue weighted by Crippen LogP contribution is 2.32. The second-order valence-corrected chi connectivity index (χ2v) is 7.62. The van der Waals surface area contributed by atoms with Gasteiger partial charge in [-0.1, -0.05) is 6.07 Å². The maximum absolute atomic E-state index is 4.96. The summed E-state index contributed by atoms with van der Waals surface area (Å²) < 4.78 is 0. The number of aromatic amines is 2. The molecule has 8 heteroatoms. The van der Waals surface area contributed by atoms with Gasteiger partial charge in [0.1, 0.15) is 17.5 Å². The van der Waals surface area contributed by atoms with Crippen LogP contribution in [0.15, 0.2) is 49.2 Å². The Balaban J connectivity index is 1.47. The topological polar surface area (TPSA) is 99.3 Å². The van der Waals surface area contributed by atoms with Gasteiger partial charge in [-0.3, -0.25) is 10.1 Å². The SMILES string of the molecule is c1cc(N2CCCCC2)c2nc(-c3n[nH]c4cnc(-c5cncnc5)cc34)[nH]c2c1. The number of para-hydroxylation sites is 1. The molecule has 6 rings (SSSR count). The van der Waals surface area contributed by atoms with E-state index in [0.29, 0.717) is 0 Å². The highest BCUT2D eigenvalue weighted by Gasteiger charge is 2.19. The van der Waals surface area contributed by atoms with E-state index in [1.54, 1.807) is 18.6 Å². The van der Waals surface area contributed by atoms with Crippen LogP contribution >= 0.6 is 0 Å². The number of H-pyrrole nitrogens is 2. The minimum atomic E-state index is 0.752. The van der Waals surface area contributed by atoms with Crippen LogP contribution in [0, 0.1) is 0 Å². The van der Waals surface area contributed by atoms with Gasteiger partial charge in [0.05, 0.1) is 28.6 Å². The first kappa shape index (κ1) is 17.1. The lowest BCUT2D eigenvalue weighted by Crippen LogP contribution is -2.29. The van der Waals surface area contributed by atoms with Crippen LogP contribution in [-0.4, -0.2) is 48.2 Å². The first-order chi connectivity index (χ1) is 14.9. The smallest absolute Gasteiger partial charge is 0.159 e. The van der Waals surface area contributed by atoms with E-state index in [1.165, 1.54) is 31.3 Å². The number of fused-ring (bicyclic) bond motifs is 2. The molecule has 1 aromatic carbocycles. The summed E-state index contributed by atoms with van der Waals surface area (Å²) in [6.07, 6.45) is 10.6.